The lowest BCUT2D eigenvalue weighted by Gasteiger charge is -2.59. The predicted octanol–water partition coefficient (Wildman–Crippen LogP) is 12.6. The second kappa shape index (κ2) is 27.2. The quantitative estimate of drug-likeness (QED) is 0.0290. The number of carbonyl (C=O) groups is 2. The maximum absolute atomic E-state index is 14.9. The summed E-state index contributed by atoms with van der Waals surface area (Å²) in [6.07, 6.45) is 20.3. The highest BCUT2D eigenvalue weighted by atomic mass is 19.1. The summed E-state index contributed by atoms with van der Waals surface area (Å²) < 4.78 is 41.6. The van der Waals surface area contributed by atoms with E-state index in [1.807, 2.05) is 25.1 Å². The summed E-state index contributed by atoms with van der Waals surface area (Å²) in [5.74, 6) is -1.04. The zero-order chi connectivity index (χ0) is 48.1. The van der Waals surface area contributed by atoms with Gasteiger partial charge in [-0.25, -0.2) is 9.18 Å². The zero-order valence-corrected chi connectivity index (χ0v) is 40.5. The van der Waals surface area contributed by atoms with Crippen LogP contribution in [-0.2, 0) is 20.9 Å². The Kier molecular flexibility index (Phi) is 21.0. The minimum absolute atomic E-state index is 0.00192. The van der Waals surface area contributed by atoms with Gasteiger partial charge in [-0.2, -0.15) is 0 Å². The van der Waals surface area contributed by atoms with E-state index in [4.69, 9.17) is 28.9 Å². The maximum atomic E-state index is 14.9. The van der Waals surface area contributed by atoms with Crippen molar-refractivity contribution < 1.29 is 48.0 Å². The Morgan fingerprint density at radius 1 is 0.882 bits per heavy atom. The highest BCUT2D eigenvalue weighted by Crippen LogP contribution is 2.62. The number of benzene rings is 3. The number of oxime groups is 1. The summed E-state index contributed by atoms with van der Waals surface area (Å²) in [5.41, 5.74) is 3.67. The number of rotatable bonds is 30. The lowest BCUT2D eigenvalue weighted by atomic mass is 9.55. The topological polar surface area (TPSA) is 136 Å². The number of nitrogens with zero attached hydrogens (tertiary/aromatic N) is 2. The van der Waals surface area contributed by atoms with Gasteiger partial charge >= 0.3 is 6.09 Å². The van der Waals surface area contributed by atoms with Crippen molar-refractivity contribution in [3.05, 3.63) is 114 Å². The van der Waals surface area contributed by atoms with Crippen LogP contribution in [0.5, 0.6) is 17.2 Å². The van der Waals surface area contributed by atoms with E-state index < -0.39 is 23.8 Å². The van der Waals surface area contributed by atoms with Crippen molar-refractivity contribution in [2.75, 3.05) is 33.0 Å². The second-order valence-electron chi connectivity index (χ2n) is 18.5. The number of aliphatic hydroxyl groups excluding tert-OH is 2. The first-order chi connectivity index (χ1) is 33.3. The molecule has 2 N–H and O–H groups in total. The maximum Gasteiger partial charge on any atom is 0.410 e. The Morgan fingerprint density at radius 3 is 2.28 bits per heavy atom. The van der Waals surface area contributed by atoms with Crippen LogP contribution in [0.4, 0.5) is 9.18 Å². The molecule has 1 heterocycles. The first-order valence-corrected chi connectivity index (χ1v) is 25.4. The highest BCUT2D eigenvalue weighted by Gasteiger charge is 2.65. The molecule has 370 valence electrons. The fourth-order valence-electron chi connectivity index (χ4n) is 10.6. The predicted molar refractivity (Wildman–Crippen MR) is 264 cm³/mol. The van der Waals surface area contributed by atoms with Crippen LogP contribution in [0.1, 0.15) is 150 Å². The SMILES string of the molecule is C=CCO[C@@]12Oc3ccc(Oc4cccc(C=O)c4)cc3[C@H]3[C@H](CCCCO)[C@@H](CCCCO)C=C(C(=NOCC)C[C@@H]1N(Cc1ccc(F)cc1)C(=O)OCCCCCCCCCCCC)[C@H]32. The van der Waals surface area contributed by atoms with Crippen LogP contribution in [0.15, 0.2) is 96.2 Å². The monoisotopic (exact) mass is 939 g/mol. The fourth-order valence-corrected chi connectivity index (χ4v) is 10.6. The standard InChI is InChI=1S/C56H75FN2O9/c1-4-7-8-9-10-11-12-13-14-19-34-64-55(63)59(39-41-25-27-44(57)28-26-41)52-38-50(58-66-6-3)48-36-43(22-15-17-31-60)47(24-16-18-32-61)53-49-37-46(67-45-23-20-21-42(35-45)40-62)29-30-51(49)68-56(52,54(48)53)65-33-5-2/h5,20-21,23,25-30,35-37,40,43,47,52-54,60-61H,2,4,6-19,22,24,31-34,38-39H2,1,3H3/t43-,47+,52-,53+,54+,56+/m0/s1. The van der Waals surface area contributed by atoms with Crippen LogP contribution < -0.4 is 9.47 Å². The van der Waals surface area contributed by atoms with E-state index in [2.05, 4.69) is 19.6 Å². The molecule has 1 aliphatic heterocycles. The molecule has 1 fully saturated rings. The van der Waals surface area contributed by atoms with Crippen molar-refractivity contribution in [2.24, 2.45) is 22.9 Å². The molecule has 3 aliphatic rings. The van der Waals surface area contributed by atoms with Gasteiger partial charge in [-0.3, -0.25) is 9.69 Å². The minimum Gasteiger partial charge on any atom is -0.459 e. The fraction of sp³-hybridized carbons (Fsp3) is 0.554. The molecule has 2 aliphatic carbocycles. The number of hydrogen-bond acceptors (Lipinski definition) is 10. The Bertz CT molecular complexity index is 2110. The summed E-state index contributed by atoms with van der Waals surface area (Å²) >= 11 is 0. The van der Waals surface area contributed by atoms with Gasteiger partial charge < -0.3 is 34.0 Å². The third-order valence-electron chi connectivity index (χ3n) is 13.8. The van der Waals surface area contributed by atoms with Crippen LogP contribution in [-0.4, -0.2) is 78.1 Å². The highest BCUT2D eigenvalue weighted by molar-refractivity contribution is 6.03. The lowest BCUT2D eigenvalue weighted by Crippen LogP contribution is -2.70. The van der Waals surface area contributed by atoms with Gasteiger partial charge in [0.05, 0.1) is 24.8 Å². The molecule has 68 heavy (non-hydrogen) atoms. The number of fused-ring (bicyclic) bond motifs is 2. The zero-order valence-electron chi connectivity index (χ0n) is 40.5. The molecule has 0 bridgehead atoms. The van der Waals surface area contributed by atoms with Gasteiger partial charge in [0, 0.05) is 43.2 Å². The van der Waals surface area contributed by atoms with Crippen LogP contribution in [0, 0.1) is 23.6 Å². The number of allylic oxidation sites excluding steroid dienone is 1. The number of aldehydes is 1. The molecule has 1 saturated carbocycles. The number of hydrogen-bond donors (Lipinski definition) is 2. The van der Waals surface area contributed by atoms with Crippen LogP contribution in [0.25, 0.3) is 0 Å². The van der Waals surface area contributed by atoms with E-state index in [1.165, 1.54) is 50.7 Å². The molecule has 6 atom stereocenters. The van der Waals surface area contributed by atoms with E-state index in [-0.39, 0.29) is 63.0 Å². The summed E-state index contributed by atoms with van der Waals surface area (Å²) in [6.45, 7) is 9.05. The van der Waals surface area contributed by atoms with Gasteiger partial charge in [0.2, 0.25) is 5.79 Å². The van der Waals surface area contributed by atoms with Gasteiger partial charge in [0.25, 0.3) is 0 Å². The van der Waals surface area contributed by atoms with E-state index >= 15 is 0 Å². The number of amides is 1. The molecule has 3 aromatic rings. The van der Waals surface area contributed by atoms with E-state index in [0.29, 0.717) is 53.5 Å². The van der Waals surface area contributed by atoms with Crippen molar-refractivity contribution in [1.29, 1.82) is 0 Å². The minimum atomic E-state index is -1.51. The normalized spacial score (nSPS) is 22.0. The molecule has 0 spiro atoms. The largest absolute Gasteiger partial charge is 0.459 e. The molecule has 0 aromatic heterocycles. The molecule has 6 rings (SSSR count). The smallest absolute Gasteiger partial charge is 0.410 e. The Hall–Kier alpha value is -5.04. The number of aliphatic hydroxyl groups is 2. The Morgan fingerprint density at radius 2 is 1.59 bits per heavy atom. The van der Waals surface area contributed by atoms with Gasteiger partial charge in [-0.1, -0.05) is 119 Å². The van der Waals surface area contributed by atoms with Crippen molar-refractivity contribution in [3.63, 3.8) is 0 Å². The number of unbranched alkanes of at least 4 members (excludes halogenated alkanes) is 11. The van der Waals surface area contributed by atoms with E-state index in [0.717, 1.165) is 68.8 Å². The summed E-state index contributed by atoms with van der Waals surface area (Å²) in [4.78, 5) is 34.2. The van der Waals surface area contributed by atoms with Gasteiger partial charge in [0.1, 0.15) is 42.0 Å². The van der Waals surface area contributed by atoms with Crippen LogP contribution in [0.3, 0.4) is 0 Å². The number of halogens is 1. The molecule has 0 unspecified atom stereocenters. The molecule has 0 radical (unpaired) electrons. The molecule has 3 aromatic carbocycles. The summed E-state index contributed by atoms with van der Waals surface area (Å²) in [6, 6.07) is 18.1. The average Bonchev–Trinajstić information content (AvgIpc) is 3.35. The van der Waals surface area contributed by atoms with Crippen molar-refractivity contribution in [3.8, 4) is 17.2 Å². The molecular weight excluding hydrogens is 864 g/mol. The second-order valence-corrected chi connectivity index (χ2v) is 18.5. The average molecular weight is 939 g/mol. The molecule has 1 amide bonds. The summed E-state index contributed by atoms with van der Waals surface area (Å²) in [5, 5.41) is 24.8. The molecular formula is C56H75FN2O9. The van der Waals surface area contributed by atoms with Crippen molar-refractivity contribution >= 4 is 18.1 Å². The molecule has 0 saturated heterocycles. The first-order valence-electron chi connectivity index (χ1n) is 25.4. The van der Waals surface area contributed by atoms with Gasteiger partial charge in [-0.05, 0) is 104 Å². The first kappa shape index (κ1) is 52.3. The molecule has 11 nitrogen and oxygen atoms in total. The number of carbonyl (C=O) groups excluding carboxylic acids is 2. The van der Waals surface area contributed by atoms with Gasteiger partial charge in [0.15, 0.2) is 0 Å². The van der Waals surface area contributed by atoms with Crippen LogP contribution in [0.2, 0.25) is 0 Å². The van der Waals surface area contributed by atoms with E-state index in [1.54, 1.807) is 47.4 Å². The Balaban J connectivity index is 1.45. The Labute approximate surface area is 403 Å². The lowest BCUT2D eigenvalue weighted by molar-refractivity contribution is -0.256. The van der Waals surface area contributed by atoms with Crippen molar-refractivity contribution in [1.82, 2.24) is 4.90 Å². The van der Waals surface area contributed by atoms with Crippen LogP contribution >= 0.6 is 0 Å². The van der Waals surface area contributed by atoms with Crippen molar-refractivity contribution in [2.45, 2.75) is 147 Å². The third-order valence-corrected chi connectivity index (χ3v) is 13.8. The summed E-state index contributed by atoms with van der Waals surface area (Å²) in [7, 11) is 0. The molecule has 12 heteroatoms. The van der Waals surface area contributed by atoms with Gasteiger partial charge in [-0.15, -0.1) is 6.58 Å². The number of ether oxygens (including phenoxy) is 4. The third kappa shape index (κ3) is 13.6. The van der Waals surface area contributed by atoms with E-state index in [9.17, 15) is 24.2 Å².